The lowest BCUT2D eigenvalue weighted by atomic mass is 9.93. The largest absolute Gasteiger partial charge is 0.340 e. The highest BCUT2D eigenvalue weighted by Crippen LogP contribution is 2.33. The molecule has 1 heterocycles. The predicted molar refractivity (Wildman–Crippen MR) is 64.0 cm³/mol. The van der Waals surface area contributed by atoms with Crippen molar-refractivity contribution in [2.75, 3.05) is 13.1 Å². The maximum Gasteiger partial charge on any atom is 0.248 e. The standard InChI is InChI=1S/C13H18N2O2/c1-2-3-6-9-15-10-11(16)14-13(12(15)17)7-4-5-8-13/h1H,3-10H2,(H,14,16). The van der Waals surface area contributed by atoms with Crippen LogP contribution in [-0.4, -0.2) is 35.3 Å². The molecule has 1 saturated heterocycles. The Labute approximate surface area is 102 Å². The van der Waals surface area contributed by atoms with Gasteiger partial charge >= 0.3 is 0 Å². The normalized spacial score (nSPS) is 22.6. The molecule has 2 amide bonds. The molecule has 4 nitrogen and oxygen atoms in total. The van der Waals surface area contributed by atoms with Crippen LogP contribution in [0.5, 0.6) is 0 Å². The number of carbonyl (C=O) groups excluding carboxylic acids is 2. The molecule has 0 bridgehead atoms. The van der Waals surface area contributed by atoms with Gasteiger partial charge in [-0.25, -0.2) is 0 Å². The fraction of sp³-hybridized carbons (Fsp3) is 0.692. The van der Waals surface area contributed by atoms with E-state index in [2.05, 4.69) is 11.2 Å². The molecule has 0 aromatic heterocycles. The fourth-order valence-electron chi connectivity index (χ4n) is 2.78. The van der Waals surface area contributed by atoms with Crippen LogP contribution in [-0.2, 0) is 9.59 Å². The summed E-state index contributed by atoms with van der Waals surface area (Å²) in [4.78, 5) is 25.7. The highest BCUT2D eigenvalue weighted by molar-refractivity contribution is 5.98. The molecule has 0 aromatic rings. The molecule has 0 atom stereocenters. The lowest BCUT2D eigenvalue weighted by Gasteiger charge is -2.39. The molecular formula is C13H18N2O2. The van der Waals surface area contributed by atoms with Gasteiger partial charge in [0.25, 0.3) is 0 Å². The SMILES string of the molecule is C#CCCCN1CC(=O)NC2(CCCC2)C1=O. The van der Waals surface area contributed by atoms with E-state index in [1.807, 2.05) is 0 Å². The minimum Gasteiger partial charge on any atom is -0.340 e. The van der Waals surface area contributed by atoms with Crippen molar-refractivity contribution in [1.29, 1.82) is 0 Å². The summed E-state index contributed by atoms with van der Waals surface area (Å²) in [5.74, 6) is 2.61. The van der Waals surface area contributed by atoms with E-state index in [0.717, 1.165) is 32.1 Å². The molecule has 0 aromatic carbocycles. The molecule has 2 rings (SSSR count). The van der Waals surface area contributed by atoms with Gasteiger partial charge in [-0.1, -0.05) is 12.8 Å². The second-order valence-corrected chi connectivity index (χ2v) is 4.87. The lowest BCUT2D eigenvalue weighted by molar-refractivity contribution is -0.149. The first kappa shape index (κ1) is 12.0. The molecule has 0 radical (unpaired) electrons. The van der Waals surface area contributed by atoms with Gasteiger partial charge in [-0.15, -0.1) is 12.3 Å². The number of nitrogens with zero attached hydrogens (tertiary/aromatic N) is 1. The van der Waals surface area contributed by atoms with Gasteiger partial charge in [0.2, 0.25) is 11.8 Å². The number of amides is 2. The first-order chi connectivity index (χ1) is 8.18. The van der Waals surface area contributed by atoms with Gasteiger partial charge in [-0.3, -0.25) is 9.59 Å². The molecule has 1 N–H and O–H groups in total. The summed E-state index contributed by atoms with van der Waals surface area (Å²) in [6.07, 6.45) is 10.2. The Balaban J connectivity index is 2.04. The number of terminal acetylenes is 1. The van der Waals surface area contributed by atoms with E-state index in [-0.39, 0.29) is 18.4 Å². The van der Waals surface area contributed by atoms with Gasteiger partial charge in [0.15, 0.2) is 0 Å². The third kappa shape index (κ3) is 2.28. The highest BCUT2D eigenvalue weighted by atomic mass is 16.2. The zero-order valence-corrected chi connectivity index (χ0v) is 10.00. The maximum atomic E-state index is 12.3. The average molecular weight is 234 g/mol. The molecule has 4 heteroatoms. The van der Waals surface area contributed by atoms with Gasteiger partial charge < -0.3 is 10.2 Å². The van der Waals surface area contributed by atoms with E-state index in [1.165, 1.54) is 0 Å². The molecule has 2 fully saturated rings. The molecule has 2 aliphatic rings. The van der Waals surface area contributed by atoms with Crippen LogP contribution in [0, 0.1) is 12.3 Å². The second kappa shape index (κ2) is 4.79. The molecule has 0 unspecified atom stereocenters. The Kier molecular flexibility index (Phi) is 3.37. The van der Waals surface area contributed by atoms with Crippen molar-refractivity contribution in [3.05, 3.63) is 0 Å². The number of hydrogen-bond donors (Lipinski definition) is 1. The second-order valence-electron chi connectivity index (χ2n) is 4.87. The topological polar surface area (TPSA) is 49.4 Å². The summed E-state index contributed by atoms with van der Waals surface area (Å²) in [7, 11) is 0. The number of rotatable bonds is 3. The van der Waals surface area contributed by atoms with Gasteiger partial charge in [0.1, 0.15) is 5.54 Å². The minimum absolute atomic E-state index is 0.0350. The minimum atomic E-state index is -0.592. The maximum absolute atomic E-state index is 12.3. The van der Waals surface area contributed by atoms with E-state index in [0.29, 0.717) is 13.0 Å². The third-order valence-electron chi connectivity index (χ3n) is 3.62. The Morgan fingerprint density at radius 3 is 2.71 bits per heavy atom. The van der Waals surface area contributed by atoms with Crippen LogP contribution in [0.25, 0.3) is 0 Å². The lowest BCUT2D eigenvalue weighted by Crippen LogP contribution is -2.65. The summed E-state index contributed by atoms with van der Waals surface area (Å²) in [5, 5.41) is 2.89. The number of piperazine rings is 1. The summed E-state index contributed by atoms with van der Waals surface area (Å²) in [5.41, 5.74) is -0.592. The Morgan fingerprint density at radius 2 is 2.06 bits per heavy atom. The highest BCUT2D eigenvalue weighted by Gasteiger charge is 2.47. The van der Waals surface area contributed by atoms with E-state index < -0.39 is 5.54 Å². The van der Waals surface area contributed by atoms with E-state index in [1.54, 1.807) is 4.90 Å². The first-order valence-electron chi connectivity index (χ1n) is 6.22. The Morgan fingerprint density at radius 1 is 1.35 bits per heavy atom. The quantitative estimate of drug-likeness (QED) is 0.576. The number of nitrogens with one attached hydrogen (secondary N) is 1. The molecule has 17 heavy (non-hydrogen) atoms. The monoisotopic (exact) mass is 234 g/mol. The van der Waals surface area contributed by atoms with Crippen LogP contribution in [0.3, 0.4) is 0 Å². The van der Waals surface area contributed by atoms with Crippen LogP contribution in [0.1, 0.15) is 38.5 Å². The van der Waals surface area contributed by atoms with E-state index in [4.69, 9.17) is 6.42 Å². The van der Waals surface area contributed by atoms with Crippen molar-refractivity contribution in [2.45, 2.75) is 44.1 Å². The van der Waals surface area contributed by atoms with Gasteiger partial charge in [-0.2, -0.15) is 0 Å². The molecule has 1 spiro atoms. The number of unbranched alkanes of at least 4 members (excludes halogenated alkanes) is 1. The first-order valence-corrected chi connectivity index (χ1v) is 6.22. The number of hydrogen-bond acceptors (Lipinski definition) is 2. The van der Waals surface area contributed by atoms with Crippen molar-refractivity contribution in [3.63, 3.8) is 0 Å². The van der Waals surface area contributed by atoms with Gasteiger partial charge in [0, 0.05) is 13.0 Å². The van der Waals surface area contributed by atoms with Crippen LogP contribution < -0.4 is 5.32 Å². The molecule has 1 aliphatic heterocycles. The molecule has 92 valence electrons. The zero-order chi connectivity index (χ0) is 12.3. The summed E-state index contributed by atoms with van der Waals surface area (Å²) < 4.78 is 0. The van der Waals surface area contributed by atoms with Gasteiger partial charge in [0.05, 0.1) is 6.54 Å². The van der Waals surface area contributed by atoms with Crippen molar-refractivity contribution < 1.29 is 9.59 Å². The fourth-order valence-corrected chi connectivity index (χ4v) is 2.78. The molecule has 1 aliphatic carbocycles. The van der Waals surface area contributed by atoms with Crippen LogP contribution in [0.2, 0.25) is 0 Å². The van der Waals surface area contributed by atoms with E-state index >= 15 is 0 Å². The Hall–Kier alpha value is -1.50. The van der Waals surface area contributed by atoms with Gasteiger partial charge in [-0.05, 0) is 19.3 Å². The molecular weight excluding hydrogens is 216 g/mol. The third-order valence-corrected chi connectivity index (χ3v) is 3.62. The summed E-state index contributed by atoms with van der Waals surface area (Å²) in [6.45, 7) is 0.781. The van der Waals surface area contributed by atoms with Crippen molar-refractivity contribution in [1.82, 2.24) is 10.2 Å². The van der Waals surface area contributed by atoms with E-state index in [9.17, 15) is 9.59 Å². The summed E-state index contributed by atoms with van der Waals surface area (Å²) >= 11 is 0. The number of carbonyl (C=O) groups is 2. The van der Waals surface area contributed by atoms with Crippen molar-refractivity contribution in [3.8, 4) is 12.3 Å². The predicted octanol–water partition coefficient (Wildman–Crippen LogP) is 0.671. The summed E-state index contributed by atoms with van der Waals surface area (Å²) in [6, 6.07) is 0. The van der Waals surface area contributed by atoms with Crippen molar-refractivity contribution in [2.24, 2.45) is 0 Å². The Bertz CT molecular complexity index is 364. The molecule has 1 saturated carbocycles. The van der Waals surface area contributed by atoms with Crippen molar-refractivity contribution >= 4 is 11.8 Å². The zero-order valence-electron chi connectivity index (χ0n) is 10.00. The van der Waals surface area contributed by atoms with Crippen LogP contribution >= 0.6 is 0 Å². The van der Waals surface area contributed by atoms with Crippen LogP contribution in [0.4, 0.5) is 0 Å². The average Bonchev–Trinajstić information content (AvgIpc) is 2.75. The smallest absolute Gasteiger partial charge is 0.248 e. The van der Waals surface area contributed by atoms with Crippen LogP contribution in [0.15, 0.2) is 0 Å².